The molecule has 258 valence electrons. The Kier molecular flexibility index (Phi) is 7.99. The van der Waals surface area contributed by atoms with Crippen LogP contribution in [0, 0.1) is 28.6 Å². The van der Waals surface area contributed by atoms with Gasteiger partial charge in [-0.3, -0.25) is 4.79 Å². The number of aliphatic hydroxyl groups excluding tert-OH is 1. The lowest BCUT2D eigenvalue weighted by Gasteiger charge is -2.49. The van der Waals surface area contributed by atoms with Gasteiger partial charge in [0.15, 0.2) is 17.5 Å². The molecule has 2 saturated carbocycles. The maximum absolute atomic E-state index is 15.2. The summed E-state index contributed by atoms with van der Waals surface area (Å²) in [7, 11) is 0. The third-order valence-electron chi connectivity index (χ3n) is 11.8. The Labute approximate surface area is 290 Å². The summed E-state index contributed by atoms with van der Waals surface area (Å²) in [5.41, 5.74) is -4.65. The highest BCUT2D eigenvalue weighted by Crippen LogP contribution is 2.75. The number of ketones is 1. The molecule has 50 heavy (non-hydrogen) atoms. The zero-order valence-electron chi connectivity index (χ0n) is 28.4. The van der Waals surface area contributed by atoms with Crippen LogP contribution in [0.25, 0.3) is 0 Å². The van der Waals surface area contributed by atoms with Crippen LogP contribution in [0.4, 0.5) is 0 Å². The van der Waals surface area contributed by atoms with Gasteiger partial charge in [-0.25, -0.2) is 14.4 Å². The van der Waals surface area contributed by atoms with Gasteiger partial charge in [0, 0.05) is 17.3 Å². The van der Waals surface area contributed by atoms with Crippen molar-refractivity contribution in [1.82, 2.24) is 0 Å². The number of hydrogen-bond acceptors (Lipinski definition) is 9. The number of hydrogen-bond donors (Lipinski definition) is 2. The van der Waals surface area contributed by atoms with E-state index in [1.807, 2.05) is 6.92 Å². The van der Waals surface area contributed by atoms with E-state index in [-0.39, 0.29) is 24.4 Å². The van der Waals surface area contributed by atoms with Crippen LogP contribution in [0.15, 0.2) is 114 Å². The van der Waals surface area contributed by atoms with Gasteiger partial charge in [-0.05, 0) is 73.7 Å². The lowest BCUT2D eigenvalue weighted by atomic mass is 9.59. The number of carbonyl (C=O) groups excluding carboxylic acids is 4. The summed E-state index contributed by atoms with van der Waals surface area (Å²) in [6.07, 6.45) is 0.442. The summed E-state index contributed by atoms with van der Waals surface area (Å²) in [4.78, 5) is 55.6. The number of carbonyl (C=O) groups is 4. The maximum atomic E-state index is 15.2. The Balaban J connectivity index is 1.32. The van der Waals surface area contributed by atoms with Gasteiger partial charge < -0.3 is 24.4 Å². The molecule has 3 aromatic carbocycles. The van der Waals surface area contributed by atoms with Crippen molar-refractivity contribution >= 4 is 23.7 Å². The standard InChI is InChI=1S/C41H40O9/c1-24-20-30-31-38(4,23-48-35(44)27-14-8-5-9-15-27)40(31,50-37(46)29-18-12-7-13-19-29)22-26(3)39(33(30)43)21-25(2)34(41(39,47)32(24)42)49-36(45)28-16-10-6-11-17-28/h5-21,26,30-32,34,42,47H,22-23H2,1-4H3/t26-,30+,31-,32-,34+,38+,39+,40+,41+/m1/s1. The van der Waals surface area contributed by atoms with Crippen molar-refractivity contribution in [2.45, 2.75) is 57.5 Å². The minimum Gasteiger partial charge on any atom is -0.461 e. The number of esters is 3. The van der Waals surface area contributed by atoms with Gasteiger partial charge in [0.25, 0.3) is 0 Å². The molecule has 9 atom stereocenters. The molecule has 0 aromatic heterocycles. The second-order valence-electron chi connectivity index (χ2n) is 14.5. The SMILES string of the molecule is CC1=C[C@@H]2C(=O)[C@]3(C=C(C)[C@H](OC(=O)c4ccccc4)[C@@]3(O)[C@@H]1O)[C@H](C)C[C@]1(OC(=O)c3ccccc3)[C@H]2[C@]1(C)COC(=O)c1ccccc1. The van der Waals surface area contributed by atoms with Crippen LogP contribution in [0.3, 0.4) is 0 Å². The van der Waals surface area contributed by atoms with E-state index in [1.165, 1.54) is 0 Å². The van der Waals surface area contributed by atoms with Crippen molar-refractivity contribution in [3.63, 3.8) is 0 Å². The Bertz CT molecular complexity index is 1920. The molecule has 2 N–H and O–H groups in total. The summed E-state index contributed by atoms with van der Waals surface area (Å²) < 4.78 is 18.4. The third-order valence-corrected chi connectivity index (χ3v) is 11.8. The van der Waals surface area contributed by atoms with Crippen molar-refractivity contribution in [2.24, 2.45) is 28.6 Å². The number of benzene rings is 3. The topological polar surface area (TPSA) is 136 Å². The van der Waals surface area contributed by atoms with Crippen LogP contribution >= 0.6 is 0 Å². The van der Waals surface area contributed by atoms with E-state index in [2.05, 4.69) is 0 Å². The van der Waals surface area contributed by atoms with Gasteiger partial charge in [-0.1, -0.05) is 80.6 Å². The normalized spacial score (nSPS) is 35.2. The molecule has 0 radical (unpaired) electrons. The van der Waals surface area contributed by atoms with Crippen LogP contribution < -0.4 is 0 Å². The largest absolute Gasteiger partial charge is 0.461 e. The Morgan fingerprint density at radius 1 is 0.800 bits per heavy atom. The molecule has 7 rings (SSSR count). The van der Waals surface area contributed by atoms with Crippen LogP contribution in [-0.4, -0.2) is 63.9 Å². The molecule has 0 amide bonds. The minimum atomic E-state index is -2.27. The van der Waals surface area contributed by atoms with Crippen LogP contribution in [0.2, 0.25) is 0 Å². The van der Waals surface area contributed by atoms with Gasteiger partial charge >= 0.3 is 17.9 Å². The average molecular weight is 677 g/mol. The van der Waals surface area contributed by atoms with Crippen molar-refractivity contribution in [1.29, 1.82) is 0 Å². The summed E-state index contributed by atoms with van der Waals surface area (Å²) in [6, 6.07) is 25.4. The first kappa shape index (κ1) is 33.6. The van der Waals surface area contributed by atoms with E-state index in [0.29, 0.717) is 22.3 Å². The first-order chi connectivity index (χ1) is 23.8. The van der Waals surface area contributed by atoms with E-state index >= 15 is 4.79 Å². The minimum absolute atomic E-state index is 0.0862. The zero-order valence-corrected chi connectivity index (χ0v) is 28.4. The van der Waals surface area contributed by atoms with Crippen molar-refractivity contribution in [2.75, 3.05) is 6.61 Å². The van der Waals surface area contributed by atoms with Gasteiger partial charge in [0.1, 0.15) is 18.3 Å². The van der Waals surface area contributed by atoms with E-state index in [4.69, 9.17) is 14.2 Å². The Morgan fingerprint density at radius 3 is 1.88 bits per heavy atom. The van der Waals surface area contributed by atoms with Crippen molar-refractivity contribution in [3.05, 3.63) is 131 Å². The van der Waals surface area contributed by atoms with Crippen LogP contribution in [0.5, 0.6) is 0 Å². The highest BCUT2D eigenvalue weighted by atomic mass is 16.6. The summed E-state index contributed by atoms with van der Waals surface area (Å²) in [5.74, 6) is -4.62. The number of allylic oxidation sites excluding steroid dienone is 1. The number of aliphatic hydroxyl groups is 2. The third kappa shape index (κ3) is 4.67. The summed E-state index contributed by atoms with van der Waals surface area (Å²) >= 11 is 0. The van der Waals surface area contributed by atoms with Gasteiger partial charge in [0.2, 0.25) is 0 Å². The van der Waals surface area contributed by atoms with E-state index < -0.39 is 69.9 Å². The van der Waals surface area contributed by atoms with Gasteiger partial charge in [-0.2, -0.15) is 0 Å². The molecule has 1 spiro atoms. The van der Waals surface area contributed by atoms with E-state index in [0.717, 1.165) is 0 Å². The molecule has 0 saturated heterocycles. The first-order valence-corrected chi connectivity index (χ1v) is 16.9. The maximum Gasteiger partial charge on any atom is 0.338 e. The molecule has 0 unspecified atom stereocenters. The summed E-state index contributed by atoms with van der Waals surface area (Å²) in [6.45, 7) is 6.79. The fraction of sp³-hybridized carbons (Fsp3) is 0.366. The molecule has 0 aliphatic heterocycles. The van der Waals surface area contributed by atoms with Crippen molar-refractivity contribution < 1.29 is 43.6 Å². The highest BCUT2D eigenvalue weighted by Gasteiger charge is 2.85. The molecular formula is C41H40O9. The molecule has 3 aromatic rings. The second-order valence-corrected chi connectivity index (χ2v) is 14.5. The number of fused-ring (bicyclic) bond motifs is 3. The highest BCUT2D eigenvalue weighted by molar-refractivity contribution is 5.97. The molecule has 2 bridgehead atoms. The lowest BCUT2D eigenvalue weighted by molar-refractivity contribution is -0.191. The molecule has 9 heteroatoms. The van der Waals surface area contributed by atoms with Gasteiger partial charge in [0.05, 0.1) is 22.1 Å². The van der Waals surface area contributed by atoms with Gasteiger partial charge in [-0.15, -0.1) is 0 Å². The quantitative estimate of drug-likeness (QED) is 0.188. The molecule has 4 aliphatic carbocycles. The first-order valence-electron chi connectivity index (χ1n) is 16.9. The lowest BCUT2D eigenvalue weighted by Crippen LogP contribution is -2.65. The van der Waals surface area contributed by atoms with E-state index in [9.17, 15) is 24.6 Å². The second kappa shape index (κ2) is 11.9. The number of Topliss-reactive ketones (excluding diaryl/α,β-unsaturated/α-hetero) is 1. The number of ether oxygens (including phenoxy) is 3. The van der Waals surface area contributed by atoms with E-state index in [1.54, 1.807) is 124 Å². The summed E-state index contributed by atoms with van der Waals surface area (Å²) in [5, 5.41) is 24.9. The fourth-order valence-electron chi connectivity index (χ4n) is 9.31. The number of rotatable bonds is 7. The predicted octanol–water partition coefficient (Wildman–Crippen LogP) is 5.52. The molecule has 9 nitrogen and oxygen atoms in total. The zero-order chi connectivity index (χ0) is 35.6. The predicted molar refractivity (Wildman–Crippen MR) is 182 cm³/mol. The monoisotopic (exact) mass is 676 g/mol. The van der Waals surface area contributed by atoms with Crippen LogP contribution in [0.1, 0.15) is 65.2 Å². The average Bonchev–Trinajstić information content (AvgIpc) is 3.57. The molecule has 2 fully saturated rings. The van der Waals surface area contributed by atoms with Crippen molar-refractivity contribution in [3.8, 4) is 0 Å². The smallest absolute Gasteiger partial charge is 0.338 e. The van der Waals surface area contributed by atoms with Crippen LogP contribution in [-0.2, 0) is 19.0 Å². The Morgan fingerprint density at radius 2 is 1.32 bits per heavy atom. The molecular weight excluding hydrogens is 636 g/mol. The molecule has 0 heterocycles. The molecule has 4 aliphatic rings. The Hall–Kier alpha value is -4.86. The fourth-order valence-corrected chi connectivity index (χ4v) is 9.31.